The van der Waals surface area contributed by atoms with Gasteiger partial charge in [-0.05, 0) is 72.6 Å². The number of benzene rings is 2. The van der Waals surface area contributed by atoms with E-state index < -0.39 is 0 Å². The summed E-state index contributed by atoms with van der Waals surface area (Å²) in [6.07, 6.45) is 4.06. The van der Waals surface area contributed by atoms with Crippen LogP contribution in [0.15, 0.2) is 41.3 Å². The number of rotatable bonds is 7. The van der Waals surface area contributed by atoms with E-state index in [1.807, 2.05) is 6.07 Å². The molecule has 0 aliphatic heterocycles. The van der Waals surface area contributed by atoms with E-state index in [0.717, 1.165) is 11.3 Å². The van der Waals surface area contributed by atoms with Gasteiger partial charge in [-0.15, -0.1) is 12.6 Å². The van der Waals surface area contributed by atoms with Gasteiger partial charge in [0, 0.05) is 11.3 Å². The van der Waals surface area contributed by atoms with Crippen molar-refractivity contribution in [2.45, 2.75) is 64.2 Å². The van der Waals surface area contributed by atoms with Crippen LogP contribution in [0.2, 0.25) is 0 Å². The molecule has 0 N–H and O–H groups in total. The predicted octanol–water partition coefficient (Wildman–Crippen LogP) is 6.38. The maximum absolute atomic E-state index is 11.5. The summed E-state index contributed by atoms with van der Waals surface area (Å²) in [5.41, 5.74) is 6.44. The van der Waals surface area contributed by atoms with Gasteiger partial charge in [0.25, 0.3) is 0 Å². The van der Waals surface area contributed by atoms with Crippen LogP contribution in [0.25, 0.3) is 11.1 Å². The Morgan fingerprint density at radius 1 is 1.12 bits per heavy atom. The van der Waals surface area contributed by atoms with Crippen molar-refractivity contribution in [3.63, 3.8) is 0 Å². The second-order valence-corrected chi connectivity index (χ2v) is 7.34. The van der Waals surface area contributed by atoms with Gasteiger partial charge in [-0.2, -0.15) is 0 Å². The zero-order valence-electron chi connectivity index (χ0n) is 15.2. The van der Waals surface area contributed by atoms with Gasteiger partial charge in [-0.1, -0.05) is 44.5 Å². The summed E-state index contributed by atoms with van der Waals surface area (Å²) in [5.74, 6) is 0.494. The molecule has 0 saturated heterocycles. The van der Waals surface area contributed by atoms with Gasteiger partial charge in [0.1, 0.15) is 5.78 Å². The molecule has 0 spiro atoms. The maximum Gasteiger partial charge on any atom is 0.130 e. The van der Waals surface area contributed by atoms with Gasteiger partial charge >= 0.3 is 0 Å². The molecule has 0 fully saturated rings. The SMILES string of the molecule is CCCCc1ccc(C(C)CC(C)=O)cc1-c1cc(S)ccc1C. The van der Waals surface area contributed by atoms with Gasteiger partial charge < -0.3 is 4.79 Å². The molecule has 2 rings (SSSR count). The fourth-order valence-electron chi connectivity index (χ4n) is 3.19. The number of thiol groups is 1. The first kappa shape index (κ1) is 18.8. The van der Waals surface area contributed by atoms with Crippen molar-refractivity contribution in [3.05, 3.63) is 53.1 Å². The summed E-state index contributed by atoms with van der Waals surface area (Å²) in [5, 5.41) is 0. The highest BCUT2D eigenvalue weighted by molar-refractivity contribution is 7.80. The zero-order valence-corrected chi connectivity index (χ0v) is 16.1. The first-order valence-electron chi connectivity index (χ1n) is 8.84. The lowest BCUT2D eigenvalue weighted by atomic mass is 9.88. The third-order valence-corrected chi connectivity index (χ3v) is 4.89. The van der Waals surface area contributed by atoms with E-state index in [1.165, 1.54) is 40.7 Å². The molecular formula is C22H28OS. The highest BCUT2D eigenvalue weighted by Gasteiger charge is 2.14. The minimum Gasteiger partial charge on any atom is -0.300 e. The minimum atomic E-state index is 0.243. The van der Waals surface area contributed by atoms with Crippen LogP contribution in [-0.4, -0.2) is 5.78 Å². The molecule has 24 heavy (non-hydrogen) atoms. The Bertz CT molecular complexity index is 718. The largest absolute Gasteiger partial charge is 0.300 e. The number of carbonyl (C=O) groups is 1. The summed E-state index contributed by atoms with van der Waals surface area (Å²) in [4.78, 5) is 12.5. The number of unbranched alkanes of at least 4 members (excludes halogenated alkanes) is 1. The van der Waals surface area contributed by atoms with E-state index in [4.69, 9.17) is 0 Å². The number of hydrogen-bond acceptors (Lipinski definition) is 2. The predicted molar refractivity (Wildman–Crippen MR) is 106 cm³/mol. The molecule has 0 aliphatic rings. The van der Waals surface area contributed by atoms with Crippen molar-refractivity contribution in [3.8, 4) is 11.1 Å². The molecule has 128 valence electrons. The Morgan fingerprint density at radius 3 is 2.54 bits per heavy atom. The van der Waals surface area contributed by atoms with E-state index in [0.29, 0.717) is 6.42 Å². The van der Waals surface area contributed by atoms with E-state index in [9.17, 15) is 4.79 Å². The van der Waals surface area contributed by atoms with Crippen LogP contribution in [0.4, 0.5) is 0 Å². The summed E-state index contributed by atoms with van der Waals surface area (Å²) in [6.45, 7) is 8.18. The molecule has 0 heterocycles. The molecule has 0 bridgehead atoms. The molecule has 2 aromatic carbocycles. The Morgan fingerprint density at radius 2 is 1.88 bits per heavy atom. The van der Waals surface area contributed by atoms with Crippen molar-refractivity contribution >= 4 is 18.4 Å². The molecule has 1 nitrogen and oxygen atoms in total. The van der Waals surface area contributed by atoms with Gasteiger partial charge in [-0.3, -0.25) is 0 Å². The molecule has 1 atom stereocenters. The Kier molecular flexibility index (Phi) is 6.68. The number of carbonyl (C=O) groups excluding carboxylic acids is 1. The molecule has 2 heteroatoms. The van der Waals surface area contributed by atoms with Gasteiger partial charge in [0.05, 0.1) is 0 Å². The lowest BCUT2D eigenvalue weighted by molar-refractivity contribution is -0.117. The van der Waals surface area contributed by atoms with Crippen LogP contribution >= 0.6 is 12.6 Å². The van der Waals surface area contributed by atoms with E-state index >= 15 is 0 Å². The average Bonchev–Trinajstić information content (AvgIpc) is 2.54. The molecule has 0 radical (unpaired) electrons. The molecule has 0 amide bonds. The smallest absolute Gasteiger partial charge is 0.130 e. The van der Waals surface area contributed by atoms with Crippen molar-refractivity contribution in [1.29, 1.82) is 0 Å². The maximum atomic E-state index is 11.5. The van der Waals surface area contributed by atoms with Crippen molar-refractivity contribution in [2.75, 3.05) is 0 Å². The van der Waals surface area contributed by atoms with Crippen LogP contribution in [0, 0.1) is 6.92 Å². The number of ketones is 1. The van der Waals surface area contributed by atoms with Crippen LogP contribution in [0.3, 0.4) is 0 Å². The van der Waals surface area contributed by atoms with Crippen LogP contribution in [0.1, 0.15) is 62.6 Å². The highest BCUT2D eigenvalue weighted by Crippen LogP contribution is 2.33. The zero-order chi connectivity index (χ0) is 17.7. The van der Waals surface area contributed by atoms with E-state index in [1.54, 1.807) is 6.92 Å². The standard InChI is InChI=1S/C22H28OS/c1-5-6-7-18-9-10-19(16(3)12-17(4)23)13-22(18)21-14-20(24)11-8-15(21)2/h8-11,13-14,16,24H,5-7,12H2,1-4H3. The van der Waals surface area contributed by atoms with Gasteiger partial charge in [0.15, 0.2) is 0 Å². The van der Waals surface area contributed by atoms with Gasteiger partial charge in [0.2, 0.25) is 0 Å². The van der Waals surface area contributed by atoms with Crippen molar-refractivity contribution in [1.82, 2.24) is 0 Å². The fraction of sp³-hybridized carbons (Fsp3) is 0.409. The molecular weight excluding hydrogens is 312 g/mol. The topological polar surface area (TPSA) is 17.1 Å². The molecule has 0 aliphatic carbocycles. The number of hydrogen-bond donors (Lipinski definition) is 1. The Hall–Kier alpha value is -1.54. The van der Waals surface area contributed by atoms with Gasteiger partial charge in [-0.25, -0.2) is 0 Å². The average molecular weight is 341 g/mol. The summed E-state index contributed by atoms with van der Waals surface area (Å²) in [6, 6.07) is 13.1. The normalized spacial score (nSPS) is 12.2. The minimum absolute atomic E-state index is 0.243. The summed E-state index contributed by atoms with van der Waals surface area (Å²) < 4.78 is 0. The fourth-order valence-corrected chi connectivity index (χ4v) is 3.39. The van der Waals surface area contributed by atoms with Crippen LogP contribution in [-0.2, 0) is 11.2 Å². The lowest BCUT2D eigenvalue weighted by Crippen LogP contribution is -2.02. The summed E-state index contributed by atoms with van der Waals surface area (Å²) >= 11 is 4.52. The van der Waals surface area contributed by atoms with E-state index in [2.05, 4.69) is 63.7 Å². The third-order valence-electron chi connectivity index (χ3n) is 4.61. The molecule has 2 aromatic rings. The Labute approximate surface area is 151 Å². The summed E-state index contributed by atoms with van der Waals surface area (Å²) in [7, 11) is 0. The monoisotopic (exact) mass is 340 g/mol. The van der Waals surface area contributed by atoms with Crippen LogP contribution < -0.4 is 0 Å². The van der Waals surface area contributed by atoms with Crippen LogP contribution in [0.5, 0.6) is 0 Å². The second-order valence-electron chi connectivity index (χ2n) is 6.83. The lowest BCUT2D eigenvalue weighted by Gasteiger charge is -2.17. The Balaban J connectivity index is 2.51. The third kappa shape index (κ3) is 4.73. The van der Waals surface area contributed by atoms with Crippen molar-refractivity contribution in [2.24, 2.45) is 0 Å². The second kappa shape index (κ2) is 8.53. The highest BCUT2D eigenvalue weighted by atomic mass is 32.1. The molecule has 0 aromatic heterocycles. The first-order valence-corrected chi connectivity index (χ1v) is 9.29. The van der Waals surface area contributed by atoms with Crippen molar-refractivity contribution < 1.29 is 4.79 Å². The quantitative estimate of drug-likeness (QED) is 0.579. The molecule has 1 unspecified atom stereocenters. The number of aryl methyl sites for hydroxylation is 2. The molecule has 0 saturated carbocycles. The first-order chi connectivity index (χ1) is 11.4. The van der Waals surface area contributed by atoms with E-state index in [-0.39, 0.29) is 11.7 Å². The number of Topliss-reactive ketones (excluding diaryl/α,β-unsaturated/α-hetero) is 1.